The molecule has 1 saturated heterocycles. The number of aryl methyl sites for hydroxylation is 2. The van der Waals surface area contributed by atoms with E-state index in [1.165, 1.54) is 0 Å². The SMILES string of the molecule is Cc1cc(C)nc(NC(=O)N2CCC[C@]2(C(=O)O)C(=O)OCc2ccccc2)c1. The van der Waals surface area contributed by atoms with Gasteiger partial charge in [-0.05, 0) is 49.9 Å². The van der Waals surface area contributed by atoms with E-state index in [4.69, 9.17) is 4.74 Å². The number of carboxylic acids is 1. The van der Waals surface area contributed by atoms with Gasteiger partial charge in [-0.25, -0.2) is 19.4 Å². The third kappa shape index (κ3) is 4.21. The van der Waals surface area contributed by atoms with Gasteiger partial charge in [0.25, 0.3) is 0 Å². The number of esters is 1. The third-order valence-electron chi connectivity index (χ3n) is 4.86. The van der Waals surface area contributed by atoms with E-state index in [1.807, 2.05) is 19.1 Å². The number of aliphatic carboxylic acids is 1. The Morgan fingerprint density at radius 1 is 1.21 bits per heavy atom. The van der Waals surface area contributed by atoms with Crippen LogP contribution >= 0.6 is 0 Å². The Labute approximate surface area is 168 Å². The molecule has 0 unspecified atom stereocenters. The maximum atomic E-state index is 12.8. The highest BCUT2D eigenvalue weighted by Crippen LogP contribution is 2.32. The highest BCUT2D eigenvalue weighted by molar-refractivity contribution is 6.08. The molecule has 1 fully saturated rings. The molecular weight excluding hydrogens is 374 g/mol. The molecule has 1 aliphatic heterocycles. The summed E-state index contributed by atoms with van der Waals surface area (Å²) in [4.78, 5) is 43.0. The van der Waals surface area contributed by atoms with Crippen LogP contribution in [0.15, 0.2) is 42.5 Å². The van der Waals surface area contributed by atoms with Crippen molar-refractivity contribution in [1.29, 1.82) is 0 Å². The minimum Gasteiger partial charge on any atom is -0.479 e. The van der Waals surface area contributed by atoms with Gasteiger partial charge in [0.1, 0.15) is 12.4 Å². The number of urea groups is 1. The number of nitrogens with zero attached hydrogens (tertiary/aromatic N) is 2. The second kappa shape index (κ2) is 8.30. The quantitative estimate of drug-likeness (QED) is 0.593. The average molecular weight is 397 g/mol. The van der Waals surface area contributed by atoms with Crippen LogP contribution in [0.2, 0.25) is 0 Å². The van der Waals surface area contributed by atoms with Crippen molar-refractivity contribution in [2.24, 2.45) is 0 Å². The van der Waals surface area contributed by atoms with Crippen LogP contribution in [0.3, 0.4) is 0 Å². The second-order valence-corrected chi connectivity index (χ2v) is 7.08. The van der Waals surface area contributed by atoms with E-state index in [1.54, 1.807) is 37.3 Å². The molecule has 2 amide bonds. The summed E-state index contributed by atoms with van der Waals surface area (Å²) in [6, 6.07) is 11.8. The van der Waals surface area contributed by atoms with Crippen LogP contribution in [0.4, 0.5) is 10.6 Å². The van der Waals surface area contributed by atoms with Gasteiger partial charge in [0.2, 0.25) is 5.54 Å². The lowest BCUT2D eigenvalue weighted by Crippen LogP contribution is -2.60. The van der Waals surface area contributed by atoms with E-state index < -0.39 is 23.5 Å². The van der Waals surface area contributed by atoms with E-state index >= 15 is 0 Å². The summed E-state index contributed by atoms with van der Waals surface area (Å²) in [5.41, 5.74) is 0.293. The molecule has 0 bridgehead atoms. The van der Waals surface area contributed by atoms with Crippen molar-refractivity contribution in [3.63, 3.8) is 0 Å². The Morgan fingerprint density at radius 2 is 1.93 bits per heavy atom. The number of anilines is 1. The topological polar surface area (TPSA) is 109 Å². The minimum atomic E-state index is -2.06. The first-order valence-electron chi connectivity index (χ1n) is 9.31. The van der Waals surface area contributed by atoms with Gasteiger partial charge in [-0.15, -0.1) is 0 Å². The predicted octanol–water partition coefficient (Wildman–Crippen LogP) is 2.89. The molecule has 0 aliphatic carbocycles. The van der Waals surface area contributed by atoms with E-state index in [-0.39, 0.29) is 19.6 Å². The Morgan fingerprint density at radius 3 is 2.59 bits per heavy atom. The lowest BCUT2D eigenvalue weighted by molar-refractivity contribution is -0.168. The molecule has 2 heterocycles. The molecule has 2 N–H and O–H groups in total. The van der Waals surface area contributed by atoms with Gasteiger partial charge in [-0.2, -0.15) is 0 Å². The van der Waals surface area contributed by atoms with Gasteiger partial charge in [0.15, 0.2) is 0 Å². The third-order valence-corrected chi connectivity index (χ3v) is 4.86. The van der Waals surface area contributed by atoms with Crippen molar-refractivity contribution in [2.75, 3.05) is 11.9 Å². The first-order valence-corrected chi connectivity index (χ1v) is 9.31. The summed E-state index contributed by atoms with van der Waals surface area (Å²) in [6.45, 7) is 3.72. The Kier molecular flexibility index (Phi) is 5.81. The van der Waals surface area contributed by atoms with Crippen molar-refractivity contribution in [1.82, 2.24) is 9.88 Å². The number of carbonyl (C=O) groups excluding carboxylic acids is 2. The van der Waals surface area contributed by atoms with E-state index in [0.29, 0.717) is 17.9 Å². The average Bonchev–Trinajstić information content (AvgIpc) is 3.12. The normalized spacial score (nSPS) is 18.3. The highest BCUT2D eigenvalue weighted by atomic mass is 16.5. The van der Waals surface area contributed by atoms with E-state index in [0.717, 1.165) is 16.0 Å². The van der Waals surface area contributed by atoms with Crippen molar-refractivity contribution in [2.45, 2.75) is 38.8 Å². The Hall–Kier alpha value is -3.42. The fourth-order valence-corrected chi connectivity index (χ4v) is 3.54. The van der Waals surface area contributed by atoms with Crippen LogP contribution in [0, 0.1) is 13.8 Å². The molecular formula is C21H23N3O5. The molecule has 3 rings (SSSR count). The highest BCUT2D eigenvalue weighted by Gasteiger charge is 2.57. The fourth-order valence-electron chi connectivity index (χ4n) is 3.54. The molecule has 29 heavy (non-hydrogen) atoms. The van der Waals surface area contributed by atoms with Gasteiger partial charge in [0, 0.05) is 12.2 Å². The number of hydrogen-bond acceptors (Lipinski definition) is 5. The second-order valence-electron chi connectivity index (χ2n) is 7.08. The number of rotatable bonds is 5. The largest absolute Gasteiger partial charge is 0.479 e. The minimum absolute atomic E-state index is 0.0103. The first kappa shape index (κ1) is 20.3. The molecule has 1 aliphatic rings. The number of ether oxygens (including phenoxy) is 1. The number of nitrogens with one attached hydrogen (secondary N) is 1. The molecule has 0 radical (unpaired) electrons. The lowest BCUT2D eigenvalue weighted by atomic mass is 9.96. The molecule has 8 nitrogen and oxygen atoms in total. The van der Waals surface area contributed by atoms with Crippen molar-refractivity contribution >= 4 is 23.8 Å². The van der Waals surface area contributed by atoms with Crippen LogP contribution in [0.25, 0.3) is 0 Å². The van der Waals surface area contributed by atoms with E-state index in [2.05, 4.69) is 10.3 Å². The first-order chi connectivity index (χ1) is 13.8. The van der Waals surface area contributed by atoms with Gasteiger partial charge in [-0.1, -0.05) is 30.3 Å². The summed E-state index contributed by atoms with van der Waals surface area (Å²) < 4.78 is 5.29. The molecule has 1 atom stereocenters. The zero-order chi connectivity index (χ0) is 21.0. The number of aromatic nitrogens is 1. The summed E-state index contributed by atoms with van der Waals surface area (Å²) in [5.74, 6) is -2.05. The number of amides is 2. The van der Waals surface area contributed by atoms with Crippen LogP contribution in [-0.2, 0) is 20.9 Å². The Balaban J connectivity index is 1.80. The lowest BCUT2D eigenvalue weighted by Gasteiger charge is -2.32. The number of carboxylic acid groups (broad SMARTS) is 1. The van der Waals surface area contributed by atoms with Crippen LogP contribution < -0.4 is 5.32 Å². The molecule has 0 spiro atoms. The van der Waals surface area contributed by atoms with Gasteiger partial charge in [-0.3, -0.25) is 10.2 Å². The van der Waals surface area contributed by atoms with Crippen LogP contribution in [0.5, 0.6) is 0 Å². The maximum Gasteiger partial charge on any atom is 0.344 e. The van der Waals surface area contributed by atoms with Gasteiger partial charge in [0.05, 0.1) is 0 Å². The molecule has 1 aromatic heterocycles. The van der Waals surface area contributed by atoms with Crippen molar-refractivity contribution in [3.05, 3.63) is 59.3 Å². The van der Waals surface area contributed by atoms with E-state index in [9.17, 15) is 19.5 Å². The maximum absolute atomic E-state index is 12.8. The fraction of sp³-hybridized carbons (Fsp3) is 0.333. The molecule has 8 heteroatoms. The number of likely N-dealkylation sites (tertiary alicyclic amines) is 1. The van der Waals surface area contributed by atoms with Crippen molar-refractivity contribution in [3.8, 4) is 0 Å². The zero-order valence-electron chi connectivity index (χ0n) is 16.3. The summed E-state index contributed by atoms with van der Waals surface area (Å²) in [5, 5.41) is 12.5. The molecule has 152 valence electrons. The van der Waals surface area contributed by atoms with Crippen molar-refractivity contribution < 1.29 is 24.2 Å². The zero-order valence-corrected chi connectivity index (χ0v) is 16.3. The van der Waals surface area contributed by atoms with Gasteiger partial charge >= 0.3 is 18.0 Å². The number of carbonyl (C=O) groups is 3. The standard InChI is InChI=1S/C21H23N3O5/c1-14-11-15(2)22-17(12-14)23-20(28)24-10-6-9-21(24,18(25)26)19(27)29-13-16-7-4-3-5-8-16/h3-5,7-8,11-12H,6,9-10,13H2,1-2H3,(H,25,26)(H,22,23,28)/t21-/m0/s1. The molecule has 2 aromatic rings. The smallest absolute Gasteiger partial charge is 0.344 e. The van der Waals surface area contributed by atoms with Crippen LogP contribution in [-0.4, -0.2) is 45.0 Å². The monoisotopic (exact) mass is 397 g/mol. The molecule has 0 saturated carbocycles. The predicted molar refractivity (Wildman–Crippen MR) is 105 cm³/mol. The Bertz CT molecular complexity index is 911. The summed E-state index contributed by atoms with van der Waals surface area (Å²) in [6.07, 6.45) is 0.365. The summed E-state index contributed by atoms with van der Waals surface area (Å²) in [7, 11) is 0. The van der Waals surface area contributed by atoms with Crippen LogP contribution in [0.1, 0.15) is 29.7 Å². The number of pyridine rings is 1. The summed E-state index contributed by atoms with van der Waals surface area (Å²) >= 11 is 0. The number of benzene rings is 1. The van der Waals surface area contributed by atoms with Gasteiger partial charge < -0.3 is 9.84 Å². The molecule has 1 aromatic carbocycles. The number of hydrogen-bond donors (Lipinski definition) is 2.